The fourth-order valence-corrected chi connectivity index (χ4v) is 3.60. The van der Waals surface area contributed by atoms with Gasteiger partial charge in [0.25, 0.3) is 0 Å². The van der Waals surface area contributed by atoms with Gasteiger partial charge in [0, 0.05) is 29.0 Å². The molecule has 6 heteroatoms. The summed E-state index contributed by atoms with van der Waals surface area (Å²) in [4.78, 5) is 17.8. The number of carbonyl (C=O) groups is 1. The summed E-state index contributed by atoms with van der Waals surface area (Å²) in [6.45, 7) is 0.925. The van der Waals surface area contributed by atoms with E-state index in [9.17, 15) is 4.79 Å². The van der Waals surface area contributed by atoms with Gasteiger partial charge in [-0.2, -0.15) is 0 Å². The third-order valence-corrected chi connectivity index (χ3v) is 4.94. The fourth-order valence-electron chi connectivity index (χ4n) is 2.90. The number of imidazole rings is 1. The van der Waals surface area contributed by atoms with E-state index < -0.39 is 0 Å². The minimum absolute atomic E-state index is 0.0555. The Balaban J connectivity index is 1.47. The lowest BCUT2D eigenvalue weighted by atomic mass is 10.0. The molecule has 4 rings (SSSR count). The summed E-state index contributed by atoms with van der Waals surface area (Å²) in [5.74, 6) is 0.0555. The Kier molecular flexibility index (Phi) is 3.85. The van der Waals surface area contributed by atoms with E-state index in [1.165, 1.54) is 0 Å². The van der Waals surface area contributed by atoms with Gasteiger partial charge in [-0.1, -0.05) is 18.6 Å². The summed E-state index contributed by atoms with van der Waals surface area (Å²) in [7, 11) is 0. The average Bonchev–Trinajstić information content (AvgIpc) is 3.18. The Morgan fingerprint density at radius 3 is 2.91 bits per heavy atom. The second-order valence-corrected chi connectivity index (χ2v) is 6.66. The number of carbonyl (C=O) groups excluding carboxylic acids is 1. The third kappa shape index (κ3) is 3.00. The highest BCUT2D eigenvalue weighted by Crippen LogP contribution is 2.23. The van der Waals surface area contributed by atoms with Crippen LogP contribution in [0.4, 0.5) is 5.69 Å². The van der Waals surface area contributed by atoms with Gasteiger partial charge in [0.15, 0.2) is 4.96 Å². The SMILES string of the molecule is O=C(Nc1ccc(-c2cn3ccsc3n2)cc1)C1CCCCN1. The molecule has 1 saturated heterocycles. The summed E-state index contributed by atoms with van der Waals surface area (Å²) in [5.41, 5.74) is 2.82. The van der Waals surface area contributed by atoms with E-state index in [1.807, 2.05) is 46.4 Å². The topological polar surface area (TPSA) is 58.4 Å². The van der Waals surface area contributed by atoms with Crippen LogP contribution in [0.5, 0.6) is 0 Å². The van der Waals surface area contributed by atoms with Crippen molar-refractivity contribution in [3.8, 4) is 11.3 Å². The Labute approximate surface area is 138 Å². The highest BCUT2D eigenvalue weighted by Gasteiger charge is 2.20. The van der Waals surface area contributed by atoms with Gasteiger partial charge in [-0.25, -0.2) is 4.98 Å². The molecule has 0 spiro atoms. The maximum Gasteiger partial charge on any atom is 0.241 e. The standard InChI is InChI=1S/C17H18N4OS/c22-16(14-3-1-2-8-18-14)19-13-6-4-12(5-7-13)15-11-21-9-10-23-17(21)20-15/h4-7,9-11,14,18H,1-3,8H2,(H,19,22). The Morgan fingerprint density at radius 1 is 1.30 bits per heavy atom. The molecule has 1 atom stereocenters. The lowest BCUT2D eigenvalue weighted by Gasteiger charge is -2.22. The van der Waals surface area contributed by atoms with Crippen LogP contribution >= 0.6 is 11.3 Å². The number of nitrogens with one attached hydrogen (secondary N) is 2. The molecule has 1 fully saturated rings. The number of rotatable bonds is 3. The van der Waals surface area contributed by atoms with Crippen LogP contribution in [0.3, 0.4) is 0 Å². The molecule has 118 valence electrons. The molecule has 0 aliphatic carbocycles. The van der Waals surface area contributed by atoms with E-state index in [0.717, 1.165) is 47.7 Å². The molecular formula is C17H18N4OS. The van der Waals surface area contributed by atoms with Crippen molar-refractivity contribution in [3.63, 3.8) is 0 Å². The van der Waals surface area contributed by atoms with Gasteiger partial charge < -0.3 is 10.6 Å². The van der Waals surface area contributed by atoms with Gasteiger partial charge in [0.1, 0.15) is 0 Å². The van der Waals surface area contributed by atoms with Gasteiger partial charge in [-0.15, -0.1) is 11.3 Å². The van der Waals surface area contributed by atoms with Crippen molar-refractivity contribution < 1.29 is 4.79 Å². The molecule has 2 aromatic heterocycles. The van der Waals surface area contributed by atoms with Crippen LogP contribution in [0.15, 0.2) is 42.0 Å². The highest BCUT2D eigenvalue weighted by atomic mass is 32.1. The van der Waals surface area contributed by atoms with E-state index in [4.69, 9.17) is 0 Å². The van der Waals surface area contributed by atoms with E-state index in [1.54, 1.807) is 11.3 Å². The monoisotopic (exact) mass is 326 g/mol. The van der Waals surface area contributed by atoms with Gasteiger partial charge in [-0.3, -0.25) is 9.20 Å². The summed E-state index contributed by atoms with van der Waals surface area (Å²) < 4.78 is 2.02. The zero-order valence-electron chi connectivity index (χ0n) is 12.7. The number of anilines is 1. The lowest BCUT2D eigenvalue weighted by Crippen LogP contribution is -2.43. The molecule has 5 nitrogen and oxygen atoms in total. The minimum atomic E-state index is -0.0663. The first-order valence-electron chi connectivity index (χ1n) is 7.86. The molecule has 0 bridgehead atoms. The maximum absolute atomic E-state index is 12.2. The number of amides is 1. The van der Waals surface area contributed by atoms with Crippen molar-refractivity contribution in [3.05, 3.63) is 42.0 Å². The fraction of sp³-hybridized carbons (Fsp3) is 0.294. The molecule has 1 aliphatic rings. The minimum Gasteiger partial charge on any atom is -0.325 e. The molecule has 1 unspecified atom stereocenters. The zero-order valence-corrected chi connectivity index (χ0v) is 13.5. The predicted octanol–water partition coefficient (Wildman–Crippen LogP) is 3.14. The van der Waals surface area contributed by atoms with Gasteiger partial charge >= 0.3 is 0 Å². The van der Waals surface area contributed by atoms with Gasteiger partial charge in [0.2, 0.25) is 5.91 Å². The Morgan fingerprint density at radius 2 is 2.17 bits per heavy atom. The van der Waals surface area contributed by atoms with Crippen LogP contribution < -0.4 is 10.6 Å². The van der Waals surface area contributed by atoms with Crippen LogP contribution in [-0.4, -0.2) is 27.9 Å². The average molecular weight is 326 g/mol. The van der Waals surface area contributed by atoms with Crippen LogP contribution in [0.2, 0.25) is 0 Å². The van der Waals surface area contributed by atoms with Crippen LogP contribution in [0.1, 0.15) is 19.3 Å². The van der Waals surface area contributed by atoms with Crippen molar-refractivity contribution >= 4 is 27.9 Å². The number of thiazole rings is 1. The molecule has 2 N–H and O–H groups in total. The molecule has 3 heterocycles. The van der Waals surface area contributed by atoms with Gasteiger partial charge in [-0.05, 0) is 31.5 Å². The number of piperidine rings is 1. The van der Waals surface area contributed by atoms with E-state index in [2.05, 4.69) is 15.6 Å². The Hall–Kier alpha value is -2.18. The van der Waals surface area contributed by atoms with E-state index >= 15 is 0 Å². The largest absolute Gasteiger partial charge is 0.325 e. The summed E-state index contributed by atoms with van der Waals surface area (Å²) in [5, 5.41) is 8.27. The van der Waals surface area contributed by atoms with E-state index in [-0.39, 0.29) is 11.9 Å². The van der Waals surface area contributed by atoms with Crippen LogP contribution in [0.25, 0.3) is 16.2 Å². The van der Waals surface area contributed by atoms with Crippen molar-refractivity contribution in [2.75, 3.05) is 11.9 Å². The van der Waals surface area contributed by atoms with Crippen molar-refractivity contribution in [1.29, 1.82) is 0 Å². The molecule has 3 aromatic rings. The molecule has 1 aliphatic heterocycles. The number of benzene rings is 1. The number of nitrogens with zero attached hydrogens (tertiary/aromatic N) is 2. The molecule has 0 radical (unpaired) electrons. The number of aromatic nitrogens is 2. The molecule has 0 saturated carbocycles. The van der Waals surface area contributed by atoms with E-state index in [0.29, 0.717) is 0 Å². The van der Waals surface area contributed by atoms with Crippen molar-refractivity contribution in [2.45, 2.75) is 25.3 Å². The quantitative estimate of drug-likeness (QED) is 0.777. The number of fused-ring (bicyclic) bond motifs is 1. The Bertz CT molecular complexity index is 786. The highest BCUT2D eigenvalue weighted by molar-refractivity contribution is 7.15. The van der Waals surface area contributed by atoms with Crippen molar-refractivity contribution in [2.24, 2.45) is 0 Å². The molecule has 1 amide bonds. The third-order valence-electron chi connectivity index (χ3n) is 4.17. The second-order valence-electron chi connectivity index (χ2n) is 5.79. The zero-order chi connectivity index (χ0) is 15.6. The first-order valence-corrected chi connectivity index (χ1v) is 8.74. The summed E-state index contributed by atoms with van der Waals surface area (Å²) in [6.07, 6.45) is 7.20. The van der Waals surface area contributed by atoms with Crippen LogP contribution in [0, 0.1) is 0 Å². The lowest BCUT2D eigenvalue weighted by molar-refractivity contribution is -0.118. The maximum atomic E-state index is 12.2. The first-order chi connectivity index (χ1) is 11.3. The normalized spacial score (nSPS) is 18.2. The van der Waals surface area contributed by atoms with Crippen molar-refractivity contribution in [1.82, 2.24) is 14.7 Å². The van der Waals surface area contributed by atoms with Gasteiger partial charge in [0.05, 0.1) is 11.7 Å². The smallest absolute Gasteiger partial charge is 0.241 e. The molecule has 1 aromatic carbocycles. The molecule has 23 heavy (non-hydrogen) atoms. The number of hydrogen-bond acceptors (Lipinski definition) is 4. The summed E-state index contributed by atoms with van der Waals surface area (Å²) >= 11 is 1.62. The number of hydrogen-bond donors (Lipinski definition) is 2. The summed E-state index contributed by atoms with van der Waals surface area (Å²) in [6, 6.07) is 7.79. The first kappa shape index (κ1) is 14.4. The predicted molar refractivity (Wildman–Crippen MR) is 92.8 cm³/mol. The van der Waals surface area contributed by atoms with Crippen LogP contribution in [-0.2, 0) is 4.79 Å². The second kappa shape index (κ2) is 6.14. The molecular weight excluding hydrogens is 308 g/mol.